The van der Waals surface area contributed by atoms with Crippen LogP contribution in [0.4, 0.5) is 13.2 Å². The van der Waals surface area contributed by atoms with Crippen LogP contribution in [0, 0.1) is 23.2 Å². The van der Waals surface area contributed by atoms with E-state index in [1.54, 1.807) is 13.8 Å². The van der Waals surface area contributed by atoms with Gasteiger partial charge in [0.2, 0.25) is 0 Å². The van der Waals surface area contributed by atoms with Crippen LogP contribution >= 0.6 is 0 Å². The van der Waals surface area contributed by atoms with Crippen molar-refractivity contribution in [2.24, 2.45) is 11.8 Å². The van der Waals surface area contributed by atoms with Crippen LogP contribution in [0.3, 0.4) is 0 Å². The molecule has 0 aromatic carbocycles. The first-order chi connectivity index (χ1) is 6.27. The van der Waals surface area contributed by atoms with Crippen molar-refractivity contribution in [3.8, 4) is 6.07 Å². The molecule has 0 amide bonds. The molecule has 14 heavy (non-hydrogen) atoms. The monoisotopic (exact) mass is 227 g/mol. The van der Waals surface area contributed by atoms with Crippen molar-refractivity contribution < 1.29 is 17.4 Å². The molecule has 0 aromatic heterocycles. The number of halogens is 3. The van der Waals surface area contributed by atoms with Crippen LogP contribution in [0.25, 0.3) is 0 Å². The summed E-state index contributed by atoms with van der Waals surface area (Å²) in [4.78, 5) is 0. The van der Waals surface area contributed by atoms with Crippen LogP contribution in [0.2, 0.25) is 0 Å². The number of nitriles is 1. The zero-order chi connectivity index (χ0) is 11.4. The molecule has 0 spiro atoms. The van der Waals surface area contributed by atoms with Crippen molar-refractivity contribution in [2.75, 3.05) is 11.5 Å². The molecule has 82 valence electrons. The molecule has 0 saturated carbocycles. The second-order valence-electron chi connectivity index (χ2n) is 3.39. The van der Waals surface area contributed by atoms with Crippen molar-refractivity contribution in [3.63, 3.8) is 0 Å². The third-order valence-electron chi connectivity index (χ3n) is 1.42. The lowest BCUT2D eigenvalue weighted by Crippen LogP contribution is -2.28. The molecule has 0 bridgehead atoms. The predicted octanol–water partition coefficient (Wildman–Crippen LogP) is 2.09. The lowest BCUT2D eigenvalue weighted by atomic mass is 10.2. The Morgan fingerprint density at radius 1 is 1.36 bits per heavy atom. The minimum Gasteiger partial charge on any atom is -0.260 e. The zero-order valence-electron chi connectivity index (χ0n) is 7.97. The van der Waals surface area contributed by atoms with E-state index in [0.29, 0.717) is 0 Å². The van der Waals surface area contributed by atoms with Crippen molar-refractivity contribution in [2.45, 2.75) is 20.0 Å². The molecule has 2 unspecified atom stereocenters. The number of nitrogens with zero attached hydrogens (tertiary/aromatic N) is 1. The van der Waals surface area contributed by atoms with E-state index in [1.807, 2.05) is 0 Å². The Morgan fingerprint density at radius 2 is 1.86 bits per heavy atom. The molecule has 0 aromatic rings. The summed E-state index contributed by atoms with van der Waals surface area (Å²) in [5, 5.41) is 8.24. The average molecular weight is 227 g/mol. The molecule has 6 heteroatoms. The molecule has 0 aliphatic heterocycles. The van der Waals surface area contributed by atoms with E-state index < -0.39 is 28.6 Å². The van der Waals surface area contributed by atoms with E-state index in [2.05, 4.69) is 0 Å². The first kappa shape index (κ1) is 13.4. The fourth-order valence-electron chi connectivity index (χ4n) is 0.831. The molecule has 2 atom stereocenters. The van der Waals surface area contributed by atoms with Crippen molar-refractivity contribution in [1.29, 1.82) is 5.26 Å². The van der Waals surface area contributed by atoms with Gasteiger partial charge in [-0.1, -0.05) is 13.8 Å². The molecular weight excluding hydrogens is 215 g/mol. The zero-order valence-corrected chi connectivity index (χ0v) is 8.78. The summed E-state index contributed by atoms with van der Waals surface area (Å²) in [7, 11) is -1.57. The predicted molar refractivity (Wildman–Crippen MR) is 47.9 cm³/mol. The van der Waals surface area contributed by atoms with Crippen molar-refractivity contribution in [3.05, 3.63) is 0 Å². The van der Waals surface area contributed by atoms with Crippen molar-refractivity contribution >= 4 is 10.8 Å². The van der Waals surface area contributed by atoms with Crippen LogP contribution in [-0.2, 0) is 10.8 Å². The number of hydrogen-bond donors (Lipinski definition) is 0. The first-order valence-electron chi connectivity index (χ1n) is 4.08. The average Bonchev–Trinajstić information content (AvgIpc) is 1.96. The van der Waals surface area contributed by atoms with Crippen molar-refractivity contribution in [1.82, 2.24) is 0 Å². The summed E-state index contributed by atoms with van der Waals surface area (Å²) >= 11 is 0. The van der Waals surface area contributed by atoms with Gasteiger partial charge >= 0.3 is 6.18 Å². The van der Waals surface area contributed by atoms with Crippen LogP contribution < -0.4 is 0 Å². The number of alkyl halides is 3. The second-order valence-corrected chi connectivity index (χ2v) is 4.94. The van der Waals surface area contributed by atoms with Gasteiger partial charge in [0.05, 0.1) is 6.07 Å². The molecule has 0 radical (unpaired) electrons. The van der Waals surface area contributed by atoms with E-state index in [9.17, 15) is 17.4 Å². The molecule has 0 N–H and O–H groups in total. The third kappa shape index (κ3) is 5.22. The lowest BCUT2D eigenvalue weighted by molar-refractivity contribution is -0.153. The van der Waals surface area contributed by atoms with Crippen LogP contribution in [0.15, 0.2) is 0 Å². The summed E-state index contributed by atoms with van der Waals surface area (Å²) in [5.41, 5.74) is 0. The maximum absolute atomic E-state index is 12.1. The van der Waals surface area contributed by atoms with E-state index >= 15 is 0 Å². The van der Waals surface area contributed by atoms with Gasteiger partial charge in [0.25, 0.3) is 0 Å². The Bertz CT molecular complexity index is 244. The standard InChI is InChI=1S/C8H12F3NOS/c1-6(2)4-14(13)5-7(3-12)8(9,10)11/h6-7H,4-5H2,1-2H3. The van der Waals surface area contributed by atoms with Gasteiger partial charge in [0, 0.05) is 22.3 Å². The second kappa shape index (κ2) is 5.35. The minimum atomic E-state index is -4.57. The van der Waals surface area contributed by atoms with Gasteiger partial charge in [0.1, 0.15) is 0 Å². The number of hydrogen-bond acceptors (Lipinski definition) is 2. The highest BCUT2D eigenvalue weighted by atomic mass is 32.2. The van der Waals surface area contributed by atoms with E-state index in [4.69, 9.17) is 5.26 Å². The van der Waals surface area contributed by atoms with Crippen LogP contribution in [0.5, 0.6) is 0 Å². The van der Waals surface area contributed by atoms with Gasteiger partial charge in [-0.3, -0.25) is 4.21 Å². The molecule has 0 saturated heterocycles. The van der Waals surface area contributed by atoms with Gasteiger partial charge in [-0.2, -0.15) is 18.4 Å². The maximum atomic E-state index is 12.1. The molecule has 0 aliphatic rings. The van der Waals surface area contributed by atoms with E-state index in [-0.39, 0.29) is 11.7 Å². The normalized spacial score (nSPS) is 16.4. The quantitative estimate of drug-likeness (QED) is 0.737. The van der Waals surface area contributed by atoms with Gasteiger partial charge in [0.15, 0.2) is 5.92 Å². The van der Waals surface area contributed by atoms with Gasteiger partial charge in [-0.25, -0.2) is 0 Å². The highest BCUT2D eigenvalue weighted by Crippen LogP contribution is 2.26. The molecule has 0 heterocycles. The highest BCUT2D eigenvalue weighted by Gasteiger charge is 2.40. The largest absolute Gasteiger partial charge is 0.405 e. The lowest BCUT2D eigenvalue weighted by Gasteiger charge is -2.13. The van der Waals surface area contributed by atoms with Gasteiger partial charge in [-0.15, -0.1) is 0 Å². The molecule has 0 aliphatic carbocycles. The summed E-state index contributed by atoms with van der Waals surface area (Å²) in [6.07, 6.45) is -4.57. The Morgan fingerprint density at radius 3 is 2.14 bits per heavy atom. The summed E-state index contributed by atoms with van der Waals surface area (Å²) in [6.45, 7) is 3.54. The minimum absolute atomic E-state index is 0.0726. The van der Waals surface area contributed by atoms with E-state index in [1.165, 1.54) is 0 Å². The van der Waals surface area contributed by atoms with Gasteiger partial charge < -0.3 is 0 Å². The molecular formula is C8H12F3NOS. The summed E-state index contributed by atoms with van der Waals surface area (Å²) in [6, 6.07) is 1.13. The Balaban J connectivity index is 4.22. The van der Waals surface area contributed by atoms with E-state index in [0.717, 1.165) is 6.07 Å². The summed E-state index contributed by atoms with van der Waals surface area (Å²) in [5.74, 6) is -2.45. The maximum Gasteiger partial charge on any atom is 0.405 e. The first-order valence-corrected chi connectivity index (χ1v) is 5.57. The Hall–Kier alpha value is -0.570. The Labute approximate surface area is 83.6 Å². The topological polar surface area (TPSA) is 40.9 Å². The smallest absolute Gasteiger partial charge is 0.260 e. The Kier molecular flexibility index (Phi) is 5.13. The number of rotatable bonds is 4. The molecule has 2 nitrogen and oxygen atoms in total. The third-order valence-corrected chi connectivity index (χ3v) is 3.17. The SMILES string of the molecule is CC(C)CS(=O)CC(C#N)C(F)(F)F. The fraction of sp³-hybridized carbons (Fsp3) is 0.875. The summed E-state index contributed by atoms with van der Waals surface area (Å²) < 4.78 is 47.3. The molecule has 0 rings (SSSR count). The fourth-order valence-corrected chi connectivity index (χ4v) is 2.35. The van der Waals surface area contributed by atoms with Crippen LogP contribution in [0.1, 0.15) is 13.8 Å². The molecule has 0 fully saturated rings. The van der Waals surface area contributed by atoms with Gasteiger partial charge in [-0.05, 0) is 5.92 Å². The highest BCUT2D eigenvalue weighted by molar-refractivity contribution is 7.85. The van der Waals surface area contributed by atoms with Crippen LogP contribution in [-0.4, -0.2) is 21.9 Å².